The molecule has 1 aromatic carbocycles. The summed E-state index contributed by atoms with van der Waals surface area (Å²) in [5, 5.41) is 11.3. The van der Waals surface area contributed by atoms with Crippen LogP contribution in [0.25, 0.3) is 0 Å². The van der Waals surface area contributed by atoms with Gasteiger partial charge in [0.15, 0.2) is 6.61 Å². The molecule has 1 amide bonds. The molecule has 6 nitrogen and oxygen atoms in total. The van der Waals surface area contributed by atoms with E-state index in [9.17, 15) is 9.59 Å². The molecule has 0 bridgehead atoms. The quantitative estimate of drug-likeness (QED) is 0.848. The number of carbonyl (C=O) groups excluding carboxylic acids is 1. The van der Waals surface area contributed by atoms with Crippen molar-refractivity contribution in [2.24, 2.45) is 0 Å². The zero-order valence-electron chi connectivity index (χ0n) is 11.5. The molecule has 0 spiro atoms. The Morgan fingerprint density at radius 1 is 1.24 bits per heavy atom. The number of carboxylic acid groups (broad SMARTS) is 1. The molecular weight excluding hydrogens is 274 g/mol. The monoisotopic (exact) mass is 289 g/mol. The third kappa shape index (κ3) is 4.10. The van der Waals surface area contributed by atoms with Crippen molar-refractivity contribution in [3.05, 3.63) is 53.5 Å². The van der Waals surface area contributed by atoms with E-state index in [2.05, 4.69) is 5.32 Å². The van der Waals surface area contributed by atoms with Gasteiger partial charge in [-0.1, -0.05) is 18.2 Å². The molecule has 2 rings (SSSR count). The molecule has 0 saturated heterocycles. The van der Waals surface area contributed by atoms with E-state index in [4.69, 9.17) is 14.3 Å². The fourth-order valence-corrected chi connectivity index (χ4v) is 1.69. The molecule has 0 atom stereocenters. The van der Waals surface area contributed by atoms with Crippen LogP contribution in [0.4, 0.5) is 0 Å². The van der Waals surface area contributed by atoms with Crippen molar-refractivity contribution in [1.29, 1.82) is 0 Å². The zero-order chi connectivity index (χ0) is 15.2. The summed E-state index contributed by atoms with van der Waals surface area (Å²) in [5.41, 5.74) is 0.947. The molecule has 0 saturated carbocycles. The van der Waals surface area contributed by atoms with Gasteiger partial charge in [0.25, 0.3) is 5.91 Å². The first-order valence-corrected chi connectivity index (χ1v) is 6.33. The van der Waals surface area contributed by atoms with Crippen LogP contribution in [0, 0.1) is 6.92 Å². The lowest BCUT2D eigenvalue weighted by molar-refractivity contribution is -0.123. The van der Waals surface area contributed by atoms with E-state index in [1.807, 2.05) is 25.1 Å². The number of aryl methyl sites for hydroxylation is 1. The number of hydrogen-bond donors (Lipinski definition) is 2. The standard InChI is InChI=1S/C15H15NO5/c1-10-4-2-3-5-12(10)20-9-14(17)16-8-11-6-7-13(21-11)15(18)19/h2-7H,8-9H2,1H3,(H,16,17)(H,18,19). The Balaban J connectivity index is 1.79. The molecule has 0 aliphatic carbocycles. The largest absolute Gasteiger partial charge is 0.484 e. The number of nitrogens with one attached hydrogen (secondary N) is 1. The SMILES string of the molecule is Cc1ccccc1OCC(=O)NCc1ccc(C(=O)O)o1. The Kier molecular flexibility index (Phi) is 4.61. The third-order valence-electron chi connectivity index (χ3n) is 2.78. The number of carbonyl (C=O) groups is 2. The average molecular weight is 289 g/mol. The highest BCUT2D eigenvalue weighted by Crippen LogP contribution is 2.15. The van der Waals surface area contributed by atoms with Crippen molar-refractivity contribution >= 4 is 11.9 Å². The number of furan rings is 1. The molecule has 21 heavy (non-hydrogen) atoms. The van der Waals surface area contributed by atoms with Crippen LogP contribution in [-0.4, -0.2) is 23.6 Å². The maximum Gasteiger partial charge on any atom is 0.371 e. The van der Waals surface area contributed by atoms with Crippen LogP contribution in [-0.2, 0) is 11.3 Å². The van der Waals surface area contributed by atoms with Gasteiger partial charge >= 0.3 is 5.97 Å². The smallest absolute Gasteiger partial charge is 0.371 e. The number of amides is 1. The Labute approximate surface area is 121 Å². The van der Waals surface area contributed by atoms with Crippen LogP contribution in [0.2, 0.25) is 0 Å². The second-order valence-corrected chi connectivity index (χ2v) is 4.40. The maximum atomic E-state index is 11.6. The first kappa shape index (κ1) is 14.6. The molecule has 0 aliphatic rings. The van der Waals surface area contributed by atoms with Gasteiger partial charge in [-0.3, -0.25) is 4.79 Å². The van der Waals surface area contributed by atoms with E-state index in [-0.39, 0.29) is 24.8 Å². The number of benzene rings is 1. The van der Waals surface area contributed by atoms with E-state index in [0.29, 0.717) is 11.5 Å². The van der Waals surface area contributed by atoms with E-state index in [1.165, 1.54) is 12.1 Å². The Morgan fingerprint density at radius 3 is 2.67 bits per heavy atom. The Bertz CT molecular complexity index is 647. The number of rotatable bonds is 6. The summed E-state index contributed by atoms with van der Waals surface area (Å²) < 4.78 is 10.4. The van der Waals surface area contributed by atoms with Gasteiger partial charge in [-0.05, 0) is 30.7 Å². The highest BCUT2D eigenvalue weighted by atomic mass is 16.5. The highest BCUT2D eigenvalue weighted by Gasteiger charge is 2.10. The second-order valence-electron chi connectivity index (χ2n) is 4.40. The number of ether oxygens (including phenoxy) is 1. The summed E-state index contributed by atoms with van der Waals surface area (Å²) in [5.74, 6) is -0.590. The molecule has 0 radical (unpaired) electrons. The number of aromatic carboxylic acids is 1. The second kappa shape index (κ2) is 6.60. The van der Waals surface area contributed by atoms with Crippen molar-refractivity contribution < 1.29 is 23.8 Å². The van der Waals surface area contributed by atoms with Gasteiger partial charge in [0.05, 0.1) is 6.54 Å². The predicted octanol–water partition coefficient (Wildman–Crippen LogP) is 1.98. The molecular formula is C15H15NO5. The molecule has 0 unspecified atom stereocenters. The van der Waals surface area contributed by atoms with E-state index in [1.54, 1.807) is 6.07 Å². The van der Waals surface area contributed by atoms with Crippen molar-refractivity contribution in [2.45, 2.75) is 13.5 Å². The van der Waals surface area contributed by atoms with Gasteiger partial charge in [-0.25, -0.2) is 4.79 Å². The lowest BCUT2D eigenvalue weighted by Crippen LogP contribution is -2.28. The van der Waals surface area contributed by atoms with Gasteiger partial charge in [0.2, 0.25) is 5.76 Å². The third-order valence-corrected chi connectivity index (χ3v) is 2.78. The Morgan fingerprint density at radius 2 is 2.00 bits per heavy atom. The summed E-state index contributed by atoms with van der Waals surface area (Å²) >= 11 is 0. The Hall–Kier alpha value is -2.76. The molecule has 1 aromatic heterocycles. The lowest BCUT2D eigenvalue weighted by atomic mass is 10.2. The predicted molar refractivity (Wildman–Crippen MR) is 74.2 cm³/mol. The number of para-hydroxylation sites is 1. The summed E-state index contributed by atoms with van der Waals surface area (Å²) in [6.45, 7) is 1.89. The zero-order valence-corrected chi connectivity index (χ0v) is 11.5. The summed E-state index contributed by atoms with van der Waals surface area (Å²) in [4.78, 5) is 22.3. The molecule has 0 aliphatic heterocycles. The molecule has 2 N–H and O–H groups in total. The van der Waals surface area contributed by atoms with Gasteiger partial charge in [-0.2, -0.15) is 0 Å². The lowest BCUT2D eigenvalue weighted by Gasteiger charge is -2.08. The number of hydrogen-bond acceptors (Lipinski definition) is 4. The minimum Gasteiger partial charge on any atom is -0.484 e. The summed E-state index contributed by atoms with van der Waals surface area (Å²) in [6.07, 6.45) is 0. The fraction of sp³-hybridized carbons (Fsp3) is 0.200. The topological polar surface area (TPSA) is 88.8 Å². The molecule has 0 fully saturated rings. The summed E-state index contributed by atoms with van der Waals surface area (Å²) in [7, 11) is 0. The fourth-order valence-electron chi connectivity index (χ4n) is 1.69. The molecule has 110 valence electrons. The van der Waals surface area contributed by atoms with E-state index in [0.717, 1.165) is 5.56 Å². The first-order chi connectivity index (χ1) is 10.1. The van der Waals surface area contributed by atoms with Gasteiger partial charge in [0, 0.05) is 0 Å². The van der Waals surface area contributed by atoms with E-state index < -0.39 is 5.97 Å². The van der Waals surface area contributed by atoms with Crippen molar-refractivity contribution in [3.63, 3.8) is 0 Å². The van der Waals surface area contributed by atoms with Gasteiger partial charge in [0.1, 0.15) is 11.5 Å². The van der Waals surface area contributed by atoms with Gasteiger partial charge in [-0.15, -0.1) is 0 Å². The molecule has 6 heteroatoms. The molecule has 1 heterocycles. The van der Waals surface area contributed by atoms with E-state index >= 15 is 0 Å². The van der Waals surface area contributed by atoms with Crippen LogP contribution in [0.3, 0.4) is 0 Å². The maximum absolute atomic E-state index is 11.6. The average Bonchev–Trinajstić information content (AvgIpc) is 2.93. The van der Waals surface area contributed by atoms with Crippen molar-refractivity contribution in [2.75, 3.05) is 6.61 Å². The minimum absolute atomic E-state index is 0.114. The van der Waals surface area contributed by atoms with Crippen LogP contribution >= 0.6 is 0 Å². The van der Waals surface area contributed by atoms with Crippen molar-refractivity contribution in [1.82, 2.24) is 5.32 Å². The number of carboxylic acids is 1. The summed E-state index contributed by atoms with van der Waals surface area (Å²) in [6, 6.07) is 10.2. The van der Waals surface area contributed by atoms with Gasteiger partial charge < -0.3 is 19.6 Å². The van der Waals surface area contributed by atoms with Crippen molar-refractivity contribution in [3.8, 4) is 5.75 Å². The van der Waals surface area contributed by atoms with Crippen LogP contribution in [0.15, 0.2) is 40.8 Å². The normalized spacial score (nSPS) is 10.1. The molecule has 2 aromatic rings. The first-order valence-electron chi connectivity index (χ1n) is 6.33. The van der Waals surface area contributed by atoms with Crippen LogP contribution < -0.4 is 10.1 Å². The van der Waals surface area contributed by atoms with Crippen LogP contribution in [0.1, 0.15) is 21.9 Å². The highest BCUT2D eigenvalue weighted by molar-refractivity contribution is 5.84. The van der Waals surface area contributed by atoms with Crippen LogP contribution in [0.5, 0.6) is 5.75 Å². The minimum atomic E-state index is -1.14.